The molecule has 2 rings (SSSR count). The Hall–Kier alpha value is 1.06. The van der Waals surface area contributed by atoms with Crippen LogP contribution in [0.2, 0.25) is 0 Å². The third kappa shape index (κ3) is 4.40. The van der Waals surface area contributed by atoms with Crippen LogP contribution in [0.15, 0.2) is 0 Å². The van der Waals surface area contributed by atoms with Gasteiger partial charge in [0.1, 0.15) is 0 Å². The molecule has 0 spiro atoms. The lowest BCUT2D eigenvalue weighted by Gasteiger charge is -2.52. The summed E-state index contributed by atoms with van der Waals surface area (Å²) in [4.78, 5) is 0. The van der Waals surface area contributed by atoms with Gasteiger partial charge in [0, 0.05) is 25.4 Å². The maximum Gasteiger partial charge on any atom is 0.204 e. The minimum absolute atomic E-state index is 0.188. The van der Waals surface area contributed by atoms with Gasteiger partial charge in [-0.25, -0.2) is 4.31 Å². The van der Waals surface area contributed by atoms with E-state index in [1.807, 2.05) is 0 Å². The molecule has 2 aliphatic rings. The van der Waals surface area contributed by atoms with Gasteiger partial charge in [0.15, 0.2) is 7.98 Å². The summed E-state index contributed by atoms with van der Waals surface area (Å²) < 4.78 is 10.4. The number of nitrogens with zero attached hydrogens (tertiary/aromatic N) is 4. The highest BCUT2D eigenvalue weighted by Gasteiger charge is 2.46. The van der Waals surface area contributed by atoms with Crippen molar-refractivity contribution in [1.29, 1.82) is 0 Å². The maximum atomic E-state index is 6.95. The highest BCUT2D eigenvalue weighted by molar-refractivity contribution is 8.32. The maximum absolute atomic E-state index is 6.95. The Kier molecular flexibility index (Phi) is 6.39. The fourth-order valence-electron chi connectivity index (χ4n) is 4.43. The molecule has 2 fully saturated rings. The first kappa shape index (κ1) is 22.4. The summed E-state index contributed by atoms with van der Waals surface area (Å²) in [5, 5.41) is 0. The van der Waals surface area contributed by atoms with E-state index in [0.717, 1.165) is 28.0 Å². The molecular weight excluding hydrogens is 367 g/mol. The van der Waals surface area contributed by atoms with E-state index in [1.54, 1.807) is 0 Å². The van der Waals surface area contributed by atoms with Gasteiger partial charge in [-0.05, 0) is 59.4 Å². The van der Waals surface area contributed by atoms with Gasteiger partial charge in [0.25, 0.3) is 0 Å². The van der Waals surface area contributed by atoms with E-state index in [0.29, 0.717) is 6.04 Å². The summed E-state index contributed by atoms with van der Waals surface area (Å²) in [6, 6.07) is 0.625. The average molecular weight is 407 g/mol. The summed E-state index contributed by atoms with van der Waals surface area (Å²) in [7, 11) is 3.62. The van der Waals surface area contributed by atoms with Gasteiger partial charge < -0.3 is 9.95 Å². The van der Waals surface area contributed by atoms with Gasteiger partial charge >= 0.3 is 0 Å². The normalized spacial score (nSPS) is 35.0. The van der Waals surface area contributed by atoms with Crippen LogP contribution < -0.4 is 5.73 Å². The van der Waals surface area contributed by atoms with E-state index in [9.17, 15) is 0 Å². The molecule has 2 saturated heterocycles. The molecule has 0 bridgehead atoms. The largest absolute Gasteiger partial charge is 0.313 e. The first-order valence-corrected chi connectivity index (χ1v) is 15.0. The fraction of sp³-hybridized carbons (Fsp3) is 1.00. The SMILES string of the molecule is BN1CC(C)N(CC(C)(C)CC(C)(N)N2CPN(B)S2(C)C)S1(C)C. The van der Waals surface area contributed by atoms with Crippen molar-refractivity contribution in [1.82, 2.24) is 16.8 Å². The minimum atomic E-state index is -0.928. The Morgan fingerprint density at radius 2 is 1.68 bits per heavy atom. The number of hydrogen-bond donors (Lipinski definition) is 1. The van der Waals surface area contributed by atoms with Gasteiger partial charge in [0.2, 0.25) is 7.98 Å². The van der Waals surface area contributed by atoms with Gasteiger partial charge in [-0.2, -0.15) is 0 Å². The van der Waals surface area contributed by atoms with Crippen LogP contribution in [0.5, 0.6) is 0 Å². The molecule has 0 aromatic carbocycles. The summed E-state index contributed by atoms with van der Waals surface area (Å²) in [5.74, 6) is 0. The summed E-state index contributed by atoms with van der Waals surface area (Å²) in [6.45, 7) is 11.7. The molecule has 0 aliphatic carbocycles. The van der Waals surface area contributed by atoms with Crippen molar-refractivity contribution in [2.75, 3.05) is 44.4 Å². The zero-order chi connectivity index (χ0) is 19.4. The predicted octanol–water partition coefficient (Wildman–Crippen LogP) is 1.14. The van der Waals surface area contributed by atoms with Crippen LogP contribution in [0.1, 0.15) is 34.1 Å². The van der Waals surface area contributed by atoms with Crippen molar-refractivity contribution in [3.63, 3.8) is 0 Å². The Morgan fingerprint density at radius 3 is 2.08 bits per heavy atom. The molecule has 0 radical (unpaired) electrons. The van der Waals surface area contributed by atoms with Gasteiger partial charge in [-0.3, -0.25) is 8.29 Å². The lowest BCUT2D eigenvalue weighted by atomic mass is 9.83. The number of rotatable bonds is 5. The average Bonchev–Trinajstić information content (AvgIpc) is 2.77. The van der Waals surface area contributed by atoms with Gasteiger partial charge in [0.05, 0.1) is 5.66 Å². The molecule has 148 valence electrons. The summed E-state index contributed by atoms with van der Waals surface area (Å²) in [6.07, 6.45) is 11.8. The molecule has 0 amide bonds. The topological polar surface area (TPSA) is 39.0 Å². The fourth-order valence-corrected chi connectivity index (χ4v) is 12.2. The molecule has 3 atom stereocenters. The lowest BCUT2D eigenvalue weighted by Crippen LogP contribution is -2.56. The van der Waals surface area contributed by atoms with Crippen LogP contribution in [0.25, 0.3) is 0 Å². The predicted molar refractivity (Wildman–Crippen MR) is 127 cm³/mol. The second-order valence-electron chi connectivity index (χ2n) is 9.57. The summed E-state index contributed by atoms with van der Waals surface area (Å²) >= 11 is 0. The molecule has 10 heteroatoms. The van der Waals surface area contributed by atoms with E-state index in [4.69, 9.17) is 5.73 Å². The second-order valence-corrected chi connectivity index (χ2v) is 18.2. The molecule has 0 aromatic rings. The van der Waals surface area contributed by atoms with Crippen LogP contribution in [0, 0.1) is 5.41 Å². The van der Waals surface area contributed by atoms with Crippen molar-refractivity contribution < 1.29 is 0 Å². The smallest absolute Gasteiger partial charge is 0.204 e. The molecule has 0 aromatic heterocycles. The summed E-state index contributed by atoms with van der Waals surface area (Å²) in [5.41, 5.74) is 6.88. The zero-order valence-corrected chi connectivity index (χ0v) is 20.7. The van der Waals surface area contributed by atoms with Crippen LogP contribution in [0.3, 0.4) is 0 Å². The molecule has 5 nitrogen and oxygen atoms in total. The van der Waals surface area contributed by atoms with Crippen molar-refractivity contribution in [3.05, 3.63) is 0 Å². The highest BCUT2D eigenvalue weighted by Crippen LogP contribution is 2.62. The van der Waals surface area contributed by atoms with Crippen LogP contribution in [-0.4, -0.2) is 88.9 Å². The van der Waals surface area contributed by atoms with Crippen LogP contribution in [-0.2, 0) is 0 Å². The van der Waals surface area contributed by atoms with Crippen LogP contribution >= 0.6 is 29.5 Å². The lowest BCUT2D eigenvalue weighted by molar-refractivity contribution is 0.131. The first-order valence-electron chi connectivity index (χ1n) is 9.10. The Morgan fingerprint density at radius 1 is 1.12 bits per heavy atom. The van der Waals surface area contributed by atoms with Gasteiger partial charge in [-0.15, -0.1) is 20.8 Å². The molecule has 25 heavy (non-hydrogen) atoms. The van der Waals surface area contributed by atoms with Crippen LogP contribution in [0.4, 0.5) is 0 Å². The molecule has 2 aliphatic heterocycles. The third-order valence-electron chi connectivity index (χ3n) is 5.99. The quantitative estimate of drug-likeness (QED) is 0.547. The zero-order valence-electron chi connectivity index (χ0n) is 18.1. The van der Waals surface area contributed by atoms with E-state index >= 15 is 0 Å². The number of hydrogen-bond acceptors (Lipinski definition) is 5. The van der Waals surface area contributed by atoms with E-state index in [-0.39, 0.29) is 11.1 Å². The van der Waals surface area contributed by atoms with Crippen molar-refractivity contribution in [3.8, 4) is 0 Å². The molecule has 2 heterocycles. The van der Waals surface area contributed by atoms with Crippen molar-refractivity contribution in [2.24, 2.45) is 11.1 Å². The van der Waals surface area contributed by atoms with Crippen molar-refractivity contribution in [2.45, 2.75) is 45.8 Å². The molecule has 0 saturated carbocycles. The first-order chi connectivity index (χ1) is 11.1. The van der Waals surface area contributed by atoms with E-state index < -0.39 is 20.8 Å². The standard InChI is InChI=1S/C15H40B2N5PS2/c1-13-9-21(16)24(5,6)19(13)11-14(2,3)10-15(4,18)20-12-23-22(17)25(20,7)8/h13,23H,9-12,16-18H2,1-8H3. The molecule has 3 unspecified atom stereocenters. The molecular formula is C15H40B2N5PS2. The Labute approximate surface area is 163 Å². The Bertz CT molecular complexity index is 506. The molecule has 2 N–H and O–H groups in total. The van der Waals surface area contributed by atoms with Crippen molar-refractivity contribution >= 4 is 45.5 Å². The van der Waals surface area contributed by atoms with Gasteiger partial charge in [-0.1, -0.05) is 13.8 Å². The second kappa shape index (κ2) is 7.14. The minimum Gasteiger partial charge on any atom is -0.313 e. The third-order valence-corrected chi connectivity index (χ3v) is 15.1. The highest BCUT2D eigenvalue weighted by atomic mass is 32.3. The monoisotopic (exact) mass is 407 g/mol. The Balaban J connectivity index is 2.12. The van der Waals surface area contributed by atoms with E-state index in [1.165, 1.54) is 6.54 Å². The number of nitrogens with two attached hydrogens (primary N) is 1. The van der Waals surface area contributed by atoms with E-state index in [2.05, 4.69) is 85.5 Å².